The van der Waals surface area contributed by atoms with Gasteiger partial charge in [-0.25, -0.2) is 4.79 Å². The third-order valence-corrected chi connectivity index (χ3v) is 2.71. The Morgan fingerprint density at radius 3 is 2.28 bits per heavy atom. The fourth-order valence-corrected chi connectivity index (χ4v) is 1.98. The summed E-state index contributed by atoms with van der Waals surface area (Å²) in [6, 6.07) is 8.75. The fraction of sp³-hybridized carbons (Fsp3) is 0.429. The van der Waals surface area contributed by atoms with Crippen molar-refractivity contribution in [2.45, 2.75) is 38.8 Å². The number of aldehydes is 1. The molecule has 1 rings (SSSR count). The molecule has 4 nitrogen and oxygen atoms in total. The Hall–Kier alpha value is -1.84. The van der Waals surface area contributed by atoms with Crippen LogP contribution in [0.4, 0.5) is 4.79 Å². The maximum absolute atomic E-state index is 11.3. The molecule has 1 aromatic rings. The molecule has 0 bridgehead atoms. The Morgan fingerprint density at radius 2 is 1.89 bits per heavy atom. The second kappa shape index (κ2) is 5.67. The van der Waals surface area contributed by atoms with E-state index in [9.17, 15) is 14.7 Å². The first-order chi connectivity index (χ1) is 8.36. The maximum Gasteiger partial charge on any atom is 0.408 e. The van der Waals surface area contributed by atoms with Crippen LogP contribution in [0, 0.1) is 0 Å². The highest BCUT2D eigenvalue weighted by molar-refractivity contribution is 5.73. The number of hydrogen-bond donors (Lipinski definition) is 1. The van der Waals surface area contributed by atoms with Gasteiger partial charge in [-0.15, -0.1) is 0 Å². The van der Waals surface area contributed by atoms with Crippen molar-refractivity contribution < 1.29 is 14.7 Å². The van der Waals surface area contributed by atoms with E-state index in [2.05, 4.69) is 0 Å². The quantitative estimate of drug-likeness (QED) is 0.834. The molecule has 0 spiro atoms. The fourth-order valence-electron chi connectivity index (χ4n) is 1.98. The molecule has 0 fully saturated rings. The van der Waals surface area contributed by atoms with E-state index in [0.717, 1.165) is 5.56 Å². The molecule has 0 unspecified atom stereocenters. The SMILES string of the molecule is CC(C)(C)N(C(=O)O)[C@H](C=O)Cc1ccccc1. The zero-order valence-electron chi connectivity index (χ0n) is 11.0. The summed E-state index contributed by atoms with van der Waals surface area (Å²) < 4.78 is 0. The van der Waals surface area contributed by atoms with Crippen molar-refractivity contribution in [3.8, 4) is 0 Å². The first kappa shape index (κ1) is 14.2. The van der Waals surface area contributed by atoms with Gasteiger partial charge in [0.1, 0.15) is 6.29 Å². The molecule has 1 N–H and O–H groups in total. The summed E-state index contributed by atoms with van der Waals surface area (Å²) in [6.45, 7) is 5.34. The molecule has 0 aromatic heterocycles. The maximum atomic E-state index is 11.3. The highest BCUT2D eigenvalue weighted by Crippen LogP contribution is 2.19. The molecule has 1 atom stereocenters. The van der Waals surface area contributed by atoms with Crippen LogP contribution in [0.25, 0.3) is 0 Å². The lowest BCUT2D eigenvalue weighted by Gasteiger charge is -2.37. The molecular weight excluding hydrogens is 230 g/mol. The molecule has 98 valence electrons. The lowest BCUT2D eigenvalue weighted by molar-refractivity contribution is -0.113. The molecule has 0 aliphatic rings. The van der Waals surface area contributed by atoms with Crippen LogP contribution in [-0.4, -0.2) is 34.0 Å². The number of hydrogen-bond acceptors (Lipinski definition) is 2. The van der Waals surface area contributed by atoms with Crippen molar-refractivity contribution in [2.24, 2.45) is 0 Å². The van der Waals surface area contributed by atoms with Crippen molar-refractivity contribution in [2.75, 3.05) is 0 Å². The van der Waals surface area contributed by atoms with Gasteiger partial charge in [0, 0.05) is 5.54 Å². The Balaban J connectivity index is 2.94. The Bertz CT molecular complexity index is 409. The van der Waals surface area contributed by atoms with Crippen LogP contribution >= 0.6 is 0 Å². The molecule has 0 aliphatic carbocycles. The normalized spacial score (nSPS) is 12.8. The number of rotatable bonds is 4. The van der Waals surface area contributed by atoms with E-state index in [-0.39, 0.29) is 0 Å². The van der Waals surface area contributed by atoms with E-state index in [1.807, 2.05) is 30.3 Å². The van der Waals surface area contributed by atoms with E-state index in [1.54, 1.807) is 20.8 Å². The zero-order valence-corrected chi connectivity index (χ0v) is 11.0. The lowest BCUT2D eigenvalue weighted by atomic mass is 9.99. The van der Waals surface area contributed by atoms with Gasteiger partial charge in [-0.05, 0) is 32.8 Å². The smallest absolute Gasteiger partial charge is 0.408 e. The predicted octanol–water partition coefficient (Wildman–Crippen LogP) is 2.58. The molecule has 0 radical (unpaired) electrons. The minimum absolute atomic E-state index is 0.397. The molecule has 0 aliphatic heterocycles. The number of nitrogens with zero attached hydrogens (tertiary/aromatic N) is 1. The highest BCUT2D eigenvalue weighted by Gasteiger charge is 2.32. The molecule has 0 heterocycles. The summed E-state index contributed by atoms with van der Waals surface area (Å²) in [5, 5.41) is 9.26. The molecule has 1 aromatic carbocycles. The predicted molar refractivity (Wildman–Crippen MR) is 69.6 cm³/mol. The van der Waals surface area contributed by atoms with E-state index < -0.39 is 17.7 Å². The monoisotopic (exact) mass is 249 g/mol. The van der Waals surface area contributed by atoms with E-state index in [4.69, 9.17) is 0 Å². The number of amides is 1. The number of carbonyl (C=O) groups excluding carboxylic acids is 1. The van der Waals surface area contributed by atoms with Crippen LogP contribution in [-0.2, 0) is 11.2 Å². The Kier molecular flexibility index (Phi) is 4.48. The second-order valence-electron chi connectivity index (χ2n) is 5.22. The minimum atomic E-state index is -1.07. The van der Waals surface area contributed by atoms with Crippen LogP contribution in [0.5, 0.6) is 0 Å². The Morgan fingerprint density at radius 1 is 1.33 bits per heavy atom. The first-order valence-corrected chi connectivity index (χ1v) is 5.87. The topological polar surface area (TPSA) is 57.6 Å². The summed E-state index contributed by atoms with van der Waals surface area (Å²) >= 11 is 0. The van der Waals surface area contributed by atoms with Crippen molar-refractivity contribution in [1.82, 2.24) is 4.90 Å². The molecule has 1 amide bonds. The van der Waals surface area contributed by atoms with Gasteiger partial charge < -0.3 is 9.90 Å². The van der Waals surface area contributed by atoms with Crippen LogP contribution in [0.1, 0.15) is 26.3 Å². The van der Waals surface area contributed by atoms with Gasteiger partial charge in [0.15, 0.2) is 0 Å². The standard InChI is InChI=1S/C14H19NO3/c1-14(2,3)15(13(17)18)12(10-16)9-11-7-5-4-6-8-11/h4-8,10,12H,9H2,1-3H3,(H,17,18)/t12-/m0/s1. The van der Waals surface area contributed by atoms with Crippen molar-refractivity contribution in [3.63, 3.8) is 0 Å². The van der Waals surface area contributed by atoms with E-state index >= 15 is 0 Å². The van der Waals surface area contributed by atoms with Gasteiger partial charge in [-0.2, -0.15) is 0 Å². The average Bonchev–Trinajstić information content (AvgIpc) is 2.27. The van der Waals surface area contributed by atoms with Gasteiger partial charge in [0.05, 0.1) is 6.04 Å². The van der Waals surface area contributed by atoms with Gasteiger partial charge in [0.2, 0.25) is 0 Å². The summed E-state index contributed by atoms with van der Waals surface area (Å²) in [4.78, 5) is 23.7. The van der Waals surface area contributed by atoms with Crippen LogP contribution in [0.15, 0.2) is 30.3 Å². The molecule has 4 heteroatoms. The van der Waals surface area contributed by atoms with E-state index in [1.165, 1.54) is 4.90 Å². The molecule has 0 saturated carbocycles. The third kappa shape index (κ3) is 3.58. The van der Waals surface area contributed by atoms with Crippen molar-refractivity contribution >= 4 is 12.4 Å². The lowest BCUT2D eigenvalue weighted by Crippen LogP contribution is -2.52. The minimum Gasteiger partial charge on any atom is -0.465 e. The second-order valence-corrected chi connectivity index (χ2v) is 5.22. The first-order valence-electron chi connectivity index (χ1n) is 5.87. The molecule has 0 saturated heterocycles. The zero-order chi connectivity index (χ0) is 13.8. The van der Waals surface area contributed by atoms with E-state index in [0.29, 0.717) is 12.7 Å². The van der Waals surface area contributed by atoms with Crippen LogP contribution in [0.2, 0.25) is 0 Å². The van der Waals surface area contributed by atoms with Crippen LogP contribution < -0.4 is 0 Å². The number of carbonyl (C=O) groups is 2. The Labute approximate surface area is 107 Å². The largest absolute Gasteiger partial charge is 0.465 e. The van der Waals surface area contributed by atoms with Crippen molar-refractivity contribution in [3.05, 3.63) is 35.9 Å². The average molecular weight is 249 g/mol. The summed E-state index contributed by atoms with van der Waals surface area (Å²) in [6.07, 6.45) is 0.0239. The third-order valence-electron chi connectivity index (χ3n) is 2.71. The molecular formula is C14H19NO3. The summed E-state index contributed by atoms with van der Waals surface area (Å²) in [5.74, 6) is 0. The van der Waals surface area contributed by atoms with Gasteiger partial charge in [-0.3, -0.25) is 4.90 Å². The van der Waals surface area contributed by atoms with Crippen LogP contribution in [0.3, 0.4) is 0 Å². The van der Waals surface area contributed by atoms with Gasteiger partial charge in [-0.1, -0.05) is 30.3 Å². The number of benzene rings is 1. The number of carboxylic acid groups (broad SMARTS) is 1. The summed E-state index contributed by atoms with van der Waals surface area (Å²) in [7, 11) is 0. The van der Waals surface area contributed by atoms with Crippen molar-refractivity contribution in [1.29, 1.82) is 0 Å². The van der Waals surface area contributed by atoms with Gasteiger partial charge in [0.25, 0.3) is 0 Å². The summed E-state index contributed by atoms with van der Waals surface area (Å²) in [5.41, 5.74) is 0.344. The molecule has 18 heavy (non-hydrogen) atoms. The van der Waals surface area contributed by atoms with Gasteiger partial charge >= 0.3 is 6.09 Å². The highest BCUT2D eigenvalue weighted by atomic mass is 16.4.